The van der Waals surface area contributed by atoms with Crippen LogP contribution in [0.1, 0.15) is 92.4 Å². The average molecular weight is 295 g/mol. The summed E-state index contributed by atoms with van der Waals surface area (Å²) in [6, 6.07) is 1.12. The van der Waals surface area contributed by atoms with Gasteiger partial charge in [-0.3, -0.25) is 4.90 Å². The maximum absolute atomic E-state index is 6.35. The molecule has 1 saturated carbocycles. The number of likely N-dealkylation sites (tertiary alicyclic amines) is 1. The number of rotatable bonds is 1. The van der Waals surface area contributed by atoms with Crippen LogP contribution in [0.25, 0.3) is 0 Å². The van der Waals surface area contributed by atoms with Crippen LogP contribution in [0, 0.1) is 5.92 Å². The van der Waals surface area contributed by atoms with Gasteiger partial charge in [0.25, 0.3) is 0 Å². The normalized spacial score (nSPS) is 35.7. The van der Waals surface area contributed by atoms with Crippen molar-refractivity contribution in [2.45, 2.75) is 116 Å². The molecule has 0 aromatic carbocycles. The molecule has 1 aliphatic heterocycles. The molecule has 1 aliphatic carbocycles. The second kappa shape index (κ2) is 6.58. The molecule has 21 heavy (non-hydrogen) atoms. The van der Waals surface area contributed by atoms with E-state index in [9.17, 15) is 0 Å². The predicted molar refractivity (Wildman–Crippen MR) is 92.5 cm³/mol. The van der Waals surface area contributed by atoms with Gasteiger partial charge in [0.15, 0.2) is 0 Å². The van der Waals surface area contributed by atoms with E-state index in [1.54, 1.807) is 0 Å². The highest BCUT2D eigenvalue weighted by atomic mass is 15.3. The van der Waals surface area contributed by atoms with Gasteiger partial charge in [0, 0.05) is 23.2 Å². The smallest absolute Gasteiger partial charge is 0.0176 e. The fraction of sp³-hybridized carbons (Fsp3) is 1.00. The maximum atomic E-state index is 6.35. The molecular weight excluding hydrogens is 256 g/mol. The Balaban J connectivity index is 2.18. The molecule has 124 valence electrons. The molecule has 2 N–H and O–H groups in total. The SMILES string of the molecule is CC1CCCCCC(N2C(C)(C)CC(N)CC2(C)C)CC1. The van der Waals surface area contributed by atoms with Gasteiger partial charge in [-0.1, -0.05) is 32.6 Å². The van der Waals surface area contributed by atoms with Crippen LogP contribution >= 0.6 is 0 Å². The molecule has 0 radical (unpaired) electrons. The Hall–Kier alpha value is -0.0800. The minimum atomic E-state index is 0.239. The molecular formula is C19H38N2. The molecule has 0 aromatic heterocycles. The zero-order valence-corrected chi connectivity index (χ0v) is 15.1. The molecule has 2 heteroatoms. The van der Waals surface area contributed by atoms with Gasteiger partial charge >= 0.3 is 0 Å². The van der Waals surface area contributed by atoms with Crippen molar-refractivity contribution in [3.63, 3.8) is 0 Å². The van der Waals surface area contributed by atoms with E-state index < -0.39 is 0 Å². The van der Waals surface area contributed by atoms with E-state index in [0.29, 0.717) is 6.04 Å². The number of hydrogen-bond donors (Lipinski definition) is 1. The molecule has 0 bridgehead atoms. The highest BCUT2D eigenvalue weighted by Gasteiger charge is 2.47. The predicted octanol–water partition coefficient (Wildman–Crippen LogP) is 4.72. The van der Waals surface area contributed by atoms with Gasteiger partial charge in [-0.05, 0) is 65.7 Å². The summed E-state index contributed by atoms with van der Waals surface area (Å²) in [5.74, 6) is 0.906. The summed E-state index contributed by atoms with van der Waals surface area (Å²) in [5, 5.41) is 0. The Labute approximate surface area is 132 Å². The molecule has 2 aliphatic rings. The van der Waals surface area contributed by atoms with Crippen molar-refractivity contribution >= 4 is 0 Å². The quantitative estimate of drug-likeness (QED) is 0.758. The van der Waals surface area contributed by atoms with Crippen molar-refractivity contribution in [1.82, 2.24) is 4.90 Å². The standard InChI is InChI=1S/C19H38N2/c1-15-9-7-6-8-10-17(12-11-15)21-18(2,3)13-16(20)14-19(21,4)5/h15-17H,6-14,20H2,1-5H3. The summed E-state index contributed by atoms with van der Waals surface area (Å²) in [6.07, 6.45) is 12.2. The average Bonchev–Trinajstić information content (AvgIpc) is 2.39. The molecule has 1 saturated heterocycles. The number of nitrogens with two attached hydrogens (primary N) is 1. The van der Waals surface area contributed by atoms with Crippen LogP contribution in [-0.2, 0) is 0 Å². The van der Waals surface area contributed by atoms with Gasteiger partial charge in [-0.2, -0.15) is 0 Å². The largest absolute Gasteiger partial charge is 0.328 e. The summed E-state index contributed by atoms with van der Waals surface area (Å²) in [4.78, 5) is 2.86. The highest BCUT2D eigenvalue weighted by molar-refractivity contribution is 5.04. The first kappa shape index (κ1) is 17.3. The van der Waals surface area contributed by atoms with Crippen LogP contribution in [0.4, 0.5) is 0 Å². The maximum Gasteiger partial charge on any atom is 0.0176 e. The van der Waals surface area contributed by atoms with E-state index in [-0.39, 0.29) is 11.1 Å². The van der Waals surface area contributed by atoms with Crippen LogP contribution in [0.2, 0.25) is 0 Å². The fourth-order valence-electron chi connectivity index (χ4n) is 5.43. The molecule has 0 aromatic rings. The van der Waals surface area contributed by atoms with Gasteiger partial charge in [0.2, 0.25) is 0 Å². The van der Waals surface area contributed by atoms with Crippen LogP contribution in [-0.4, -0.2) is 28.1 Å². The first-order valence-corrected chi connectivity index (χ1v) is 9.27. The zero-order valence-electron chi connectivity index (χ0n) is 15.1. The molecule has 2 rings (SSSR count). The van der Waals surface area contributed by atoms with Gasteiger partial charge in [-0.15, -0.1) is 0 Å². The van der Waals surface area contributed by atoms with Gasteiger partial charge < -0.3 is 5.73 Å². The molecule has 2 nitrogen and oxygen atoms in total. The number of nitrogens with zero attached hydrogens (tertiary/aromatic N) is 1. The van der Waals surface area contributed by atoms with Gasteiger partial charge in [-0.25, -0.2) is 0 Å². The highest BCUT2D eigenvalue weighted by Crippen LogP contribution is 2.42. The third-order valence-electron chi connectivity index (χ3n) is 5.92. The van der Waals surface area contributed by atoms with E-state index in [1.807, 2.05) is 0 Å². The lowest BCUT2D eigenvalue weighted by Crippen LogP contribution is -2.66. The lowest BCUT2D eigenvalue weighted by molar-refractivity contribution is -0.0734. The lowest BCUT2D eigenvalue weighted by atomic mass is 9.75. The molecule has 2 unspecified atom stereocenters. The van der Waals surface area contributed by atoms with E-state index in [0.717, 1.165) is 24.8 Å². The molecule has 1 heterocycles. The Bertz CT molecular complexity index is 316. The zero-order chi connectivity index (χ0) is 15.7. The van der Waals surface area contributed by atoms with Crippen molar-refractivity contribution in [3.8, 4) is 0 Å². The molecule has 2 fully saturated rings. The van der Waals surface area contributed by atoms with Crippen LogP contribution in [0.3, 0.4) is 0 Å². The molecule has 0 spiro atoms. The van der Waals surface area contributed by atoms with Crippen molar-refractivity contribution in [2.75, 3.05) is 0 Å². The Morgan fingerprint density at radius 2 is 1.38 bits per heavy atom. The molecule has 0 amide bonds. The molecule has 2 atom stereocenters. The van der Waals surface area contributed by atoms with E-state index in [2.05, 4.69) is 39.5 Å². The third kappa shape index (κ3) is 4.22. The van der Waals surface area contributed by atoms with Gasteiger partial charge in [0.1, 0.15) is 0 Å². The second-order valence-corrected chi connectivity index (χ2v) is 9.14. The summed E-state index contributed by atoms with van der Waals surface area (Å²) in [6.45, 7) is 12.1. The number of piperidine rings is 1. The van der Waals surface area contributed by atoms with Crippen LogP contribution in [0.15, 0.2) is 0 Å². The topological polar surface area (TPSA) is 29.3 Å². The Morgan fingerprint density at radius 1 is 0.810 bits per heavy atom. The first-order valence-electron chi connectivity index (χ1n) is 9.27. The van der Waals surface area contributed by atoms with E-state index >= 15 is 0 Å². The second-order valence-electron chi connectivity index (χ2n) is 9.14. The minimum absolute atomic E-state index is 0.239. The van der Waals surface area contributed by atoms with Crippen molar-refractivity contribution < 1.29 is 0 Å². The van der Waals surface area contributed by atoms with Crippen molar-refractivity contribution in [3.05, 3.63) is 0 Å². The lowest BCUT2D eigenvalue weighted by Gasteiger charge is -2.58. The van der Waals surface area contributed by atoms with Crippen LogP contribution < -0.4 is 5.73 Å². The van der Waals surface area contributed by atoms with E-state index in [1.165, 1.54) is 44.9 Å². The Morgan fingerprint density at radius 3 is 2.00 bits per heavy atom. The third-order valence-corrected chi connectivity index (χ3v) is 5.92. The van der Waals surface area contributed by atoms with Gasteiger partial charge in [0.05, 0.1) is 0 Å². The monoisotopic (exact) mass is 294 g/mol. The van der Waals surface area contributed by atoms with E-state index in [4.69, 9.17) is 5.73 Å². The summed E-state index contributed by atoms with van der Waals surface area (Å²) in [5.41, 5.74) is 6.83. The van der Waals surface area contributed by atoms with Crippen LogP contribution in [0.5, 0.6) is 0 Å². The van der Waals surface area contributed by atoms with Crippen molar-refractivity contribution in [2.24, 2.45) is 11.7 Å². The van der Waals surface area contributed by atoms with Crippen molar-refractivity contribution in [1.29, 1.82) is 0 Å². The number of hydrogen-bond acceptors (Lipinski definition) is 2. The summed E-state index contributed by atoms with van der Waals surface area (Å²) in [7, 11) is 0. The Kier molecular flexibility index (Phi) is 5.41. The summed E-state index contributed by atoms with van der Waals surface area (Å²) < 4.78 is 0. The minimum Gasteiger partial charge on any atom is -0.328 e. The summed E-state index contributed by atoms with van der Waals surface area (Å²) >= 11 is 0. The first-order chi connectivity index (χ1) is 9.72. The fourth-order valence-corrected chi connectivity index (χ4v) is 5.43.